The summed E-state index contributed by atoms with van der Waals surface area (Å²) in [5.74, 6) is -1.87. The van der Waals surface area contributed by atoms with Crippen LogP contribution in [0.15, 0.2) is 18.3 Å². The number of hydrogen-bond donors (Lipinski definition) is 1. The van der Waals surface area contributed by atoms with Crippen molar-refractivity contribution >= 4 is 11.8 Å². The predicted molar refractivity (Wildman–Crippen MR) is 42.3 cm³/mol. The number of carbonyl (C=O) groups excluding carboxylic acids is 2. The second kappa shape index (κ2) is 3.75. The van der Waals surface area contributed by atoms with Crippen LogP contribution in [0.1, 0.15) is 17.3 Å². The van der Waals surface area contributed by atoms with Crippen molar-refractivity contribution in [2.75, 3.05) is 0 Å². The van der Waals surface area contributed by atoms with Gasteiger partial charge < -0.3 is 0 Å². The molecule has 1 aromatic rings. The van der Waals surface area contributed by atoms with E-state index in [1.54, 1.807) is 0 Å². The van der Waals surface area contributed by atoms with Gasteiger partial charge in [-0.25, -0.2) is 4.98 Å². The largest absolute Gasteiger partial charge is 0.293 e. The predicted octanol–water partition coefficient (Wildman–Crippen LogP) is 0.497. The third-order valence-electron chi connectivity index (χ3n) is 1.28. The number of nitrogens with one attached hydrogen (secondary N) is 1. The number of halogens is 1. The van der Waals surface area contributed by atoms with Crippen LogP contribution in [0.2, 0.25) is 0 Å². The van der Waals surface area contributed by atoms with Crippen molar-refractivity contribution < 1.29 is 14.0 Å². The van der Waals surface area contributed by atoms with Gasteiger partial charge in [-0.15, -0.1) is 0 Å². The third kappa shape index (κ3) is 2.62. The summed E-state index contributed by atoms with van der Waals surface area (Å²) in [5, 5.41) is 2.01. The number of hydrogen-bond acceptors (Lipinski definition) is 3. The molecule has 1 aromatic heterocycles. The van der Waals surface area contributed by atoms with Crippen molar-refractivity contribution in [1.29, 1.82) is 0 Å². The number of amides is 2. The minimum absolute atomic E-state index is 0.0719. The molecule has 0 fully saturated rings. The molecule has 0 aliphatic heterocycles. The summed E-state index contributed by atoms with van der Waals surface area (Å²) in [4.78, 5) is 24.8. The molecular weight excluding hydrogens is 175 g/mol. The summed E-state index contributed by atoms with van der Waals surface area (Å²) >= 11 is 0. The lowest BCUT2D eigenvalue weighted by Crippen LogP contribution is -2.27. The van der Waals surface area contributed by atoms with E-state index >= 15 is 0 Å². The monoisotopic (exact) mass is 182 g/mol. The summed E-state index contributed by atoms with van der Waals surface area (Å²) < 4.78 is 12.5. The fourth-order valence-electron chi connectivity index (χ4n) is 0.776. The van der Waals surface area contributed by atoms with Crippen molar-refractivity contribution in [3.05, 3.63) is 29.8 Å². The van der Waals surface area contributed by atoms with Gasteiger partial charge in [0.1, 0.15) is 0 Å². The lowest BCUT2D eigenvalue weighted by atomic mass is 10.2. The van der Waals surface area contributed by atoms with E-state index in [2.05, 4.69) is 4.98 Å². The molecule has 2 amide bonds. The van der Waals surface area contributed by atoms with Gasteiger partial charge in [-0.3, -0.25) is 14.9 Å². The van der Waals surface area contributed by atoms with E-state index in [9.17, 15) is 14.0 Å². The van der Waals surface area contributed by atoms with Crippen LogP contribution >= 0.6 is 0 Å². The van der Waals surface area contributed by atoms with Crippen LogP contribution in [0, 0.1) is 5.95 Å². The van der Waals surface area contributed by atoms with E-state index < -0.39 is 17.8 Å². The molecule has 4 nitrogen and oxygen atoms in total. The molecular formula is C8H7FN2O2. The number of nitrogens with zero attached hydrogens (tertiary/aromatic N) is 1. The number of carbonyl (C=O) groups is 2. The first-order valence-electron chi connectivity index (χ1n) is 3.53. The highest BCUT2D eigenvalue weighted by atomic mass is 19.1. The smallest absolute Gasteiger partial charge is 0.258 e. The van der Waals surface area contributed by atoms with Crippen molar-refractivity contribution in [1.82, 2.24) is 10.3 Å². The average molecular weight is 182 g/mol. The van der Waals surface area contributed by atoms with Crippen molar-refractivity contribution in [3.63, 3.8) is 0 Å². The van der Waals surface area contributed by atoms with Crippen molar-refractivity contribution in [2.45, 2.75) is 6.92 Å². The molecule has 0 aromatic carbocycles. The molecule has 0 unspecified atom stereocenters. The Balaban J connectivity index is 2.83. The molecule has 1 heterocycles. The first-order valence-corrected chi connectivity index (χ1v) is 3.53. The molecule has 5 heteroatoms. The lowest BCUT2D eigenvalue weighted by Gasteiger charge is -1.99. The Bertz CT molecular complexity index is 352. The molecule has 0 saturated heterocycles. The normalized spacial score (nSPS) is 9.38. The van der Waals surface area contributed by atoms with E-state index in [0.29, 0.717) is 0 Å². The highest BCUT2D eigenvalue weighted by molar-refractivity contribution is 6.03. The number of aromatic nitrogens is 1. The zero-order valence-electron chi connectivity index (χ0n) is 6.87. The van der Waals surface area contributed by atoms with Crippen molar-refractivity contribution in [3.8, 4) is 0 Å². The van der Waals surface area contributed by atoms with E-state index in [4.69, 9.17) is 0 Å². The molecule has 0 aliphatic rings. The Kier molecular flexibility index (Phi) is 2.69. The van der Waals surface area contributed by atoms with E-state index in [0.717, 1.165) is 12.3 Å². The standard InChI is InChI=1S/C8H7FN2O2/c1-5(12)11-8(13)6-2-3-10-7(9)4-6/h2-4H,1H3,(H,11,12,13). The molecule has 0 spiro atoms. The van der Waals surface area contributed by atoms with Gasteiger partial charge in [-0.1, -0.05) is 0 Å². The van der Waals surface area contributed by atoms with Crippen LogP contribution in [0.25, 0.3) is 0 Å². The van der Waals surface area contributed by atoms with Crippen LogP contribution < -0.4 is 5.32 Å². The molecule has 0 saturated carbocycles. The topological polar surface area (TPSA) is 59.1 Å². The molecule has 1 N–H and O–H groups in total. The lowest BCUT2D eigenvalue weighted by molar-refractivity contribution is -0.118. The maximum Gasteiger partial charge on any atom is 0.258 e. The van der Waals surface area contributed by atoms with Gasteiger partial charge in [0.25, 0.3) is 5.91 Å². The third-order valence-corrected chi connectivity index (χ3v) is 1.28. The summed E-state index contributed by atoms with van der Waals surface area (Å²) in [6, 6.07) is 2.28. The minimum atomic E-state index is -0.754. The quantitative estimate of drug-likeness (QED) is 0.643. The van der Waals surface area contributed by atoms with Crippen LogP contribution in [0.3, 0.4) is 0 Å². The second-order valence-corrected chi connectivity index (χ2v) is 2.38. The van der Waals surface area contributed by atoms with Gasteiger partial charge in [-0.2, -0.15) is 4.39 Å². The van der Waals surface area contributed by atoms with Gasteiger partial charge >= 0.3 is 0 Å². The van der Waals surface area contributed by atoms with Crippen LogP contribution in [-0.4, -0.2) is 16.8 Å². The summed E-state index contributed by atoms with van der Waals surface area (Å²) in [6.45, 7) is 1.20. The van der Waals surface area contributed by atoms with Crippen LogP contribution in [-0.2, 0) is 4.79 Å². The summed E-state index contributed by atoms with van der Waals surface area (Å²) in [5.41, 5.74) is 0.0719. The molecule has 1 rings (SSSR count). The maximum atomic E-state index is 12.5. The van der Waals surface area contributed by atoms with Gasteiger partial charge in [-0.05, 0) is 6.07 Å². The summed E-state index contributed by atoms with van der Waals surface area (Å²) in [7, 11) is 0. The minimum Gasteiger partial charge on any atom is -0.293 e. The number of rotatable bonds is 1. The fourth-order valence-corrected chi connectivity index (χ4v) is 0.776. The molecule has 13 heavy (non-hydrogen) atoms. The molecule has 0 radical (unpaired) electrons. The Morgan fingerprint density at radius 3 is 2.77 bits per heavy atom. The van der Waals surface area contributed by atoms with Crippen molar-refractivity contribution in [2.24, 2.45) is 0 Å². The van der Waals surface area contributed by atoms with Gasteiger partial charge in [0.2, 0.25) is 11.9 Å². The summed E-state index contributed by atoms with van der Waals surface area (Å²) in [6.07, 6.45) is 1.16. The molecule has 0 atom stereocenters. The zero-order valence-corrected chi connectivity index (χ0v) is 6.87. The number of pyridine rings is 1. The molecule has 0 aliphatic carbocycles. The fraction of sp³-hybridized carbons (Fsp3) is 0.125. The Hall–Kier alpha value is -1.78. The van der Waals surface area contributed by atoms with Gasteiger partial charge in [0, 0.05) is 24.8 Å². The van der Waals surface area contributed by atoms with E-state index in [-0.39, 0.29) is 5.56 Å². The average Bonchev–Trinajstić information content (AvgIpc) is 2.03. The van der Waals surface area contributed by atoms with E-state index in [1.807, 2.05) is 5.32 Å². The highest BCUT2D eigenvalue weighted by Gasteiger charge is 2.07. The Morgan fingerprint density at radius 2 is 2.23 bits per heavy atom. The first-order chi connectivity index (χ1) is 6.09. The molecule has 0 bridgehead atoms. The van der Waals surface area contributed by atoms with Gasteiger partial charge in [0.15, 0.2) is 0 Å². The van der Waals surface area contributed by atoms with Crippen LogP contribution in [0.4, 0.5) is 4.39 Å². The first kappa shape index (κ1) is 9.31. The second-order valence-electron chi connectivity index (χ2n) is 2.38. The maximum absolute atomic E-state index is 12.5. The molecule has 68 valence electrons. The van der Waals surface area contributed by atoms with Crippen LogP contribution in [0.5, 0.6) is 0 Å². The van der Waals surface area contributed by atoms with Gasteiger partial charge in [0.05, 0.1) is 0 Å². The number of imide groups is 1. The SMILES string of the molecule is CC(=O)NC(=O)c1ccnc(F)c1. The zero-order chi connectivity index (χ0) is 9.84. The highest BCUT2D eigenvalue weighted by Crippen LogP contribution is 1.99. The Labute approximate surface area is 73.8 Å². The van der Waals surface area contributed by atoms with E-state index in [1.165, 1.54) is 13.0 Å². The Morgan fingerprint density at radius 1 is 1.54 bits per heavy atom.